The van der Waals surface area contributed by atoms with Gasteiger partial charge in [0.05, 0.1) is 11.0 Å². The maximum atomic E-state index is 2.64. The second kappa shape index (κ2) is 10.6. The molecular formula is C51H39NS. The Balaban J connectivity index is 1.04. The van der Waals surface area contributed by atoms with E-state index in [1.165, 1.54) is 124 Å². The fourth-order valence-electron chi connectivity index (χ4n) is 10.9. The number of rotatable bonds is 2. The fraction of sp³-hybridized carbons (Fsp3) is 0.176. The Morgan fingerprint density at radius 2 is 1.13 bits per heavy atom. The predicted molar refractivity (Wildman–Crippen MR) is 226 cm³/mol. The van der Waals surface area contributed by atoms with Crippen LogP contribution in [-0.2, 0) is 10.8 Å². The van der Waals surface area contributed by atoms with Crippen molar-refractivity contribution in [1.29, 1.82) is 0 Å². The molecule has 1 saturated carbocycles. The minimum atomic E-state index is -0.0592. The summed E-state index contributed by atoms with van der Waals surface area (Å²) in [5.74, 6) is 0. The Labute approximate surface area is 314 Å². The van der Waals surface area contributed by atoms with E-state index in [0.717, 1.165) is 0 Å². The first-order valence-electron chi connectivity index (χ1n) is 19.4. The van der Waals surface area contributed by atoms with Crippen LogP contribution in [0.4, 0.5) is 0 Å². The highest BCUT2D eigenvalue weighted by Crippen LogP contribution is 2.60. The lowest BCUT2D eigenvalue weighted by Crippen LogP contribution is -2.28. The number of aromatic nitrogens is 1. The predicted octanol–water partition coefficient (Wildman–Crippen LogP) is 14.4. The van der Waals surface area contributed by atoms with Crippen LogP contribution in [0.25, 0.3) is 81.0 Å². The van der Waals surface area contributed by atoms with Gasteiger partial charge in [-0.3, -0.25) is 0 Å². The van der Waals surface area contributed by atoms with Crippen molar-refractivity contribution < 1.29 is 0 Å². The van der Waals surface area contributed by atoms with E-state index in [2.05, 4.69) is 158 Å². The summed E-state index contributed by atoms with van der Waals surface area (Å²) >= 11 is 1.88. The standard InChI is InChI=1S/C51H39NS/c1-50(2)42-22-19-31(26-38(42)40-30-45-39(29-44(40)50)34-12-4-7-15-43(34)51(45)24-10-3-11-25-51)32-18-21-36-35-13-5-8-16-46(35)52(47(36)27-32)33-20-23-49-41(28-33)37-14-6-9-17-48(37)53-49/h4-9,12-23,26-30H,3,10-11,24-25H2,1-2H3. The first kappa shape index (κ1) is 30.1. The summed E-state index contributed by atoms with van der Waals surface area (Å²) in [7, 11) is 0. The number of benzene rings is 7. The second-order valence-electron chi connectivity index (χ2n) is 16.4. The number of fused-ring (bicyclic) bond motifs is 14. The summed E-state index contributed by atoms with van der Waals surface area (Å²) in [6.45, 7) is 4.86. The lowest BCUT2D eigenvalue weighted by atomic mass is 9.67. The molecule has 0 bridgehead atoms. The summed E-state index contributed by atoms with van der Waals surface area (Å²) < 4.78 is 5.16. The van der Waals surface area contributed by atoms with Gasteiger partial charge in [0.1, 0.15) is 0 Å². The molecule has 9 aromatic rings. The highest BCUT2D eigenvalue weighted by molar-refractivity contribution is 7.25. The average Bonchev–Trinajstić information content (AvgIpc) is 3.88. The van der Waals surface area contributed by atoms with Gasteiger partial charge in [-0.25, -0.2) is 0 Å². The van der Waals surface area contributed by atoms with Crippen LogP contribution < -0.4 is 0 Å². The van der Waals surface area contributed by atoms with Gasteiger partial charge in [0.2, 0.25) is 0 Å². The van der Waals surface area contributed by atoms with Crippen LogP contribution in [0.3, 0.4) is 0 Å². The van der Waals surface area contributed by atoms with Gasteiger partial charge < -0.3 is 4.57 Å². The smallest absolute Gasteiger partial charge is 0.0547 e. The molecule has 53 heavy (non-hydrogen) atoms. The van der Waals surface area contributed by atoms with Crippen molar-refractivity contribution in [1.82, 2.24) is 4.57 Å². The Kier molecular flexibility index (Phi) is 6.00. The zero-order chi connectivity index (χ0) is 35.1. The molecule has 1 fully saturated rings. The van der Waals surface area contributed by atoms with Crippen LogP contribution in [0, 0.1) is 0 Å². The number of thiophene rings is 1. The Bertz CT molecular complexity index is 3020. The number of hydrogen-bond donors (Lipinski definition) is 0. The molecule has 2 aromatic heterocycles. The second-order valence-corrected chi connectivity index (χ2v) is 17.5. The van der Waals surface area contributed by atoms with E-state index in [-0.39, 0.29) is 10.8 Å². The van der Waals surface area contributed by atoms with E-state index >= 15 is 0 Å². The number of hydrogen-bond acceptors (Lipinski definition) is 1. The summed E-state index contributed by atoms with van der Waals surface area (Å²) in [5, 5.41) is 5.25. The van der Waals surface area contributed by atoms with Crippen molar-refractivity contribution in [2.75, 3.05) is 0 Å². The molecule has 254 valence electrons. The molecule has 7 aromatic carbocycles. The summed E-state index contributed by atoms with van der Waals surface area (Å²) in [6.07, 6.45) is 6.50. The highest BCUT2D eigenvalue weighted by Gasteiger charge is 2.46. The molecule has 0 atom stereocenters. The third kappa shape index (κ3) is 3.97. The normalized spacial score (nSPS) is 16.4. The molecule has 1 nitrogen and oxygen atoms in total. The van der Waals surface area contributed by atoms with Crippen LogP contribution in [0.5, 0.6) is 0 Å². The van der Waals surface area contributed by atoms with Crippen molar-refractivity contribution in [3.8, 4) is 39.1 Å². The minimum Gasteiger partial charge on any atom is -0.309 e. The Morgan fingerprint density at radius 1 is 0.453 bits per heavy atom. The van der Waals surface area contributed by atoms with Crippen molar-refractivity contribution >= 4 is 53.3 Å². The molecule has 0 radical (unpaired) electrons. The van der Waals surface area contributed by atoms with Crippen molar-refractivity contribution in [2.45, 2.75) is 56.8 Å². The zero-order valence-corrected chi connectivity index (χ0v) is 31.0. The van der Waals surface area contributed by atoms with Crippen LogP contribution in [-0.4, -0.2) is 4.57 Å². The highest BCUT2D eigenvalue weighted by atomic mass is 32.1. The molecule has 0 saturated heterocycles. The van der Waals surface area contributed by atoms with Crippen molar-refractivity contribution in [2.24, 2.45) is 0 Å². The summed E-state index contributed by atoms with van der Waals surface area (Å²) in [6, 6.07) is 53.7. The Hall–Kier alpha value is -5.44. The summed E-state index contributed by atoms with van der Waals surface area (Å²) in [4.78, 5) is 0. The van der Waals surface area contributed by atoms with Crippen LogP contribution in [0.2, 0.25) is 0 Å². The third-order valence-corrected chi connectivity index (χ3v) is 14.5. The monoisotopic (exact) mass is 697 g/mol. The SMILES string of the molecule is CC1(C)c2ccc(-c3ccc4c5ccccc5n(-c5ccc6sc7ccccc7c6c5)c4c3)cc2-c2cc3c(cc21)-c1ccccc1C31CCCCC1. The van der Waals surface area contributed by atoms with Crippen LogP contribution >= 0.6 is 11.3 Å². The first-order valence-corrected chi connectivity index (χ1v) is 20.2. The largest absolute Gasteiger partial charge is 0.309 e. The molecule has 3 aliphatic carbocycles. The first-order chi connectivity index (χ1) is 26.0. The lowest BCUT2D eigenvalue weighted by molar-refractivity contribution is 0.353. The Morgan fingerprint density at radius 3 is 2.04 bits per heavy atom. The number of nitrogens with zero attached hydrogens (tertiary/aromatic N) is 1. The fourth-order valence-corrected chi connectivity index (χ4v) is 11.9. The zero-order valence-electron chi connectivity index (χ0n) is 30.2. The minimum absolute atomic E-state index is 0.0592. The van der Waals surface area contributed by atoms with Gasteiger partial charge in [-0.05, 0) is 123 Å². The molecule has 2 heteroatoms. The molecule has 2 heterocycles. The quantitative estimate of drug-likeness (QED) is 0.169. The van der Waals surface area contributed by atoms with Crippen molar-refractivity contribution in [3.63, 3.8) is 0 Å². The van der Waals surface area contributed by atoms with Crippen LogP contribution in [0.15, 0.2) is 140 Å². The third-order valence-electron chi connectivity index (χ3n) is 13.4. The molecular weight excluding hydrogens is 659 g/mol. The van der Waals surface area contributed by atoms with E-state index < -0.39 is 0 Å². The van der Waals surface area contributed by atoms with E-state index in [0.29, 0.717) is 0 Å². The van der Waals surface area contributed by atoms with Crippen LogP contribution in [0.1, 0.15) is 68.2 Å². The van der Waals surface area contributed by atoms with E-state index in [1.807, 2.05) is 11.3 Å². The average molecular weight is 698 g/mol. The van der Waals surface area contributed by atoms with E-state index in [9.17, 15) is 0 Å². The van der Waals surface area contributed by atoms with Gasteiger partial charge in [0.15, 0.2) is 0 Å². The van der Waals surface area contributed by atoms with Gasteiger partial charge in [0.25, 0.3) is 0 Å². The van der Waals surface area contributed by atoms with Crippen molar-refractivity contribution in [3.05, 3.63) is 162 Å². The van der Waals surface area contributed by atoms with E-state index in [4.69, 9.17) is 0 Å². The maximum absolute atomic E-state index is 2.64. The molecule has 3 aliphatic rings. The van der Waals surface area contributed by atoms with E-state index in [1.54, 1.807) is 11.1 Å². The number of para-hydroxylation sites is 1. The summed E-state index contributed by atoms with van der Waals surface area (Å²) in [5.41, 5.74) is 18.2. The lowest BCUT2D eigenvalue weighted by Gasteiger charge is -2.36. The molecule has 0 unspecified atom stereocenters. The molecule has 12 rings (SSSR count). The maximum Gasteiger partial charge on any atom is 0.0547 e. The van der Waals surface area contributed by atoms with Gasteiger partial charge in [-0.1, -0.05) is 118 Å². The molecule has 0 aliphatic heterocycles. The molecule has 0 N–H and O–H groups in total. The van der Waals surface area contributed by atoms with Gasteiger partial charge in [0, 0.05) is 47.5 Å². The van der Waals surface area contributed by atoms with Gasteiger partial charge in [-0.2, -0.15) is 0 Å². The molecule has 1 spiro atoms. The van der Waals surface area contributed by atoms with Gasteiger partial charge in [-0.15, -0.1) is 11.3 Å². The molecule has 0 amide bonds. The topological polar surface area (TPSA) is 4.93 Å². The van der Waals surface area contributed by atoms with Gasteiger partial charge >= 0.3 is 0 Å².